The van der Waals surface area contributed by atoms with Gasteiger partial charge in [0, 0.05) is 16.5 Å². The molecule has 3 atom stereocenters. The lowest BCUT2D eigenvalue weighted by Crippen LogP contribution is -2.32. The van der Waals surface area contributed by atoms with Crippen molar-refractivity contribution in [3.8, 4) is 17.2 Å². The van der Waals surface area contributed by atoms with Gasteiger partial charge in [0.1, 0.15) is 11.0 Å². The Morgan fingerprint density at radius 2 is 1.78 bits per heavy atom. The number of ether oxygens (including phenoxy) is 2. The lowest BCUT2D eigenvalue weighted by molar-refractivity contribution is -0.137. The van der Waals surface area contributed by atoms with Crippen LogP contribution < -0.4 is 24.6 Å². The number of amides is 3. The first-order chi connectivity index (χ1) is 21.4. The highest BCUT2D eigenvalue weighted by Gasteiger charge is 2.56. The minimum absolute atomic E-state index is 0.0445. The number of anilines is 2. The van der Waals surface area contributed by atoms with Gasteiger partial charge in [-0.05, 0) is 60.2 Å². The molecular weight excluding hydrogens is 635 g/mol. The SMILES string of the molecule is COc1cc(C2c3sc(=O)[nH]c3SC3C(=O)N(c4cccc(C(F)(F)F)c4)C(=O)C32)ccc1OCC(=O)Nc1ccc(O)cc1. The topological polar surface area (TPSA) is 138 Å². The predicted molar refractivity (Wildman–Crippen MR) is 159 cm³/mol. The number of imide groups is 1. The Bertz CT molecular complexity index is 1870. The molecule has 0 aliphatic carbocycles. The number of carbonyl (C=O) groups excluding carboxylic acids is 3. The van der Waals surface area contributed by atoms with E-state index in [1.807, 2.05) is 0 Å². The highest BCUT2D eigenvalue weighted by atomic mass is 32.2. The number of rotatable bonds is 7. The number of fused-ring (bicyclic) bond motifs is 2. The molecular formula is C30H22F3N3O7S2. The standard InChI is InChI=1S/C30H22F3N3O7S2/c1-42-20-11-14(5-10-19(20)43-13-21(38)34-16-6-8-18(37)9-7-16)22-23-25(44-26-24(22)45-29(41)35-26)28(40)36(27(23)39)17-4-2-3-15(12-17)30(31,32)33/h2-12,22-23,25,37H,13H2,1H3,(H,34,38)(H,35,41). The van der Waals surface area contributed by atoms with Crippen LogP contribution in [0.3, 0.4) is 0 Å². The maximum absolute atomic E-state index is 13.9. The summed E-state index contributed by atoms with van der Waals surface area (Å²) in [5.74, 6) is -3.27. The maximum Gasteiger partial charge on any atom is 0.416 e. The average Bonchev–Trinajstić information content (AvgIpc) is 3.50. The number of thiazole rings is 1. The predicted octanol–water partition coefficient (Wildman–Crippen LogP) is 4.98. The summed E-state index contributed by atoms with van der Waals surface area (Å²) in [5.41, 5.74) is -0.256. The van der Waals surface area contributed by atoms with E-state index in [4.69, 9.17) is 9.47 Å². The van der Waals surface area contributed by atoms with Gasteiger partial charge in [0.05, 0.1) is 29.3 Å². The van der Waals surface area contributed by atoms with Gasteiger partial charge in [0.15, 0.2) is 18.1 Å². The monoisotopic (exact) mass is 657 g/mol. The quantitative estimate of drug-likeness (QED) is 0.187. The number of aromatic hydroxyl groups is 1. The molecule has 3 aromatic carbocycles. The summed E-state index contributed by atoms with van der Waals surface area (Å²) in [6, 6.07) is 14.6. The van der Waals surface area contributed by atoms with E-state index in [0.29, 0.717) is 21.2 Å². The van der Waals surface area contributed by atoms with Gasteiger partial charge in [-0.2, -0.15) is 13.2 Å². The Labute approximate surface area is 260 Å². The molecule has 0 radical (unpaired) electrons. The van der Waals surface area contributed by atoms with Crippen molar-refractivity contribution in [3.63, 3.8) is 0 Å². The number of aromatic nitrogens is 1. The Balaban J connectivity index is 1.30. The van der Waals surface area contributed by atoms with Crippen LogP contribution in [0.15, 0.2) is 76.6 Å². The second kappa shape index (κ2) is 11.6. The molecule has 3 N–H and O–H groups in total. The van der Waals surface area contributed by atoms with Crippen LogP contribution in [0, 0.1) is 5.92 Å². The van der Waals surface area contributed by atoms with Gasteiger partial charge in [-0.1, -0.05) is 35.2 Å². The summed E-state index contributed by atoms with van der Waals surface area (Å²) in [5, 5.41) is 11.4. The second-order valence-corrected chi connectivity index (χ2v) is 12.3. The molecule has 2 aliphatic rings. The van der Waals surface area contributed by atoms with E-state index in [1.165, 1.54) is 43.5 Å². The number of hydrogen-bond acceptors (Lipinski definition) is 9. The smallest absolute Gasteiger partial charge is 0.416 e. The minimum Gasteiger partial charge on any atom is -0.508 e. The molecule has 2 aliphatic heterocycles. The van der Waals surface area contributed by atoms with Gasteiger partial charge in [-0.25, -0.2) is 4.90 Å². The molecule has 0 spiro atoms. The van der Waals surface area contributed by atoms with Gasteiger partial charge >= 0.3 is 11.0 Å². The molecule has 10 nitrogen and oxygen atoms in total. The molecule has 0 bridgehead atoms. The summed E-state index contributed by atoms with van der Waals surface area (Å²) in [6.45, 7) is -0.385. The van der Waals surface area contributed by atoms with Crippen molar-refractivity contribution < 1.29 is 42.1 Å². The zero-order valence-corrected chi connectivity index (χ0v) is 24.7. The van der Waals surface area contributed by atoms with Crippen LogP contribution in [0.1, 0.15) is 21.9 Å². The summed E-state index contributed by atoms with van der Waals surface area (Å²) < 4.78 is 51.5. The van der Waals surface area contributed by atoms with E-state index in [9.17, 15) is 37.5 Å². The van der Waals surface area contributed by atoms with Gasteiger partial charge in [-0.3, -0.25) is 19.2 Å². The maximum atomic E-state index is 13.9. The molecule has 0 saturated carbocycles. The third-order valence-corrected chi connectivity index (χ3v) is 9.71. The van der Waals surface area contributed by atoms with Gasteiger partial charge in [-0.15, -0.1) is 0 Å². The molecule has 3 amide bonds. The highest BCUT2D eigenvalue weighted by Crippen LogP contribution is 2.54. The van der Waals surface area contributed by atoms with Crippen molar-refractivity contribution in [1.29, 1.82) is 0 Å². The van der Waals surface area contributed by atoms with E-state index in [0.717, 1.165) is 46.2 Å². The van der Waals surface area contributed by atoms with Gasteiger partial charge < -0.3 is 24.9 Å². The zero-order valence-electron chi connectivity index (χ0n) is 23.1. The number of aromatic amines is 1. The Hall–Kier alpha value is -4.76. The number of carbonyl (C=O) groups is 3. The van der Waals surface area contributed by atoms with Crippen LogP contribution >= 0.6 is 23.1 Å². The molecule has 3 unspecified atom stereocenters. The number of hydrogen-bond donors (Lipinski definition) is 3. The lowest BCUT2D eigenvalue weighted by atomic mass is 9.83. The normalized spacial score (nSPS) is 19.2. The van der Waals surface area contributed by atoms with Crippen LogP contribution in [0.25, 0.3) is 0 Å². The van der Waals surface area contributed by atoms with E-state index in [2.05, 4.69) is 10.3 Å². The number of thioether (sulfide) groups is 1. The van der Waals surface area contributed by atoms with E-state index in [1.54, 1.807) is 12.1 Å². The molecule has 1 fully saturated rings. The van der Waals surface area contributed by atoms with Crippen LogP contribution in [-0.4, -0.2) is 46.8 Å². The van der Waals surface area contributed by atoms with Crippen LogP contribution in [0.5, 0.6) is 17.2 Å². The number of H-pyrrole nitrogens is 1. The summed E-state index contributed by atoms with van der Waals surface area (Å²) in [4.78, 5) is 55.9. The van der Waals surface area contributed by atoms with Crippen LogP contribution in [0.4, 0.5) is 24.5 Å². The fraction of sp³-hybridized carbons (Fsp3) is 0.200. The van der Waals surface area contributed by atoms with Crippen molar-refractivity contribution in [1.82, 2.24) is 4.98 Å². The van der Waals surface area contributed by atoms with Gasteiger partial charge in [0.2, 0.25) is 11.8 Å². The highest BCUT2D eigenvalue weighted by molar-refractivity contribution is 8.00. The molecule has 45 heavy (non-hydrogen) atoms. The van der Waals surface area contributed by atoms with Crippen molar-refractivity contribution >= 4 is 52.2 Å². The second-order valence-electron chi connectivity index (χ2n) is 10.1. The average molecular weight is 658 g/mol. The van der Waals surface area contributed by atoms with Crippen LogP contribution in [0.2, 0.25) is 0 Å². The van der Waals surface area contributed by atoms with Gasteiger partial charge in [0.25, 0.3) is 5.91 Å². The minimum atomic E-state index is -4.68. The number of phenols is 1. The molecule has 15 heteroatoms. The summed E-state index contributed by atoms with van der Waals surface area (Å²) in [6.07, 6.45) is -4.68. The molecule has 1 aromatic heterocycles. The van der Waals surface area contributed by atoms with Crippen molar-refractivity contribution in [2.75, 3.05) is 23.9 Å². The van der Waals surface area contributed by atoms with E-state index in [-0.39, 0.29) is 29.5 Å². The molecule has 232 valence electrons. The largest absolute Gasteiger partial charge is 0.508 e. The number of methoxy groups -OCH3 is 1. The third-order valence-electron chi connectivity index (χ3n) is 7.31. The van der Waals surface area contributed by atoms with Crippen LogP contribution in [-0.2, 0) is 20.6 Å². The number of benzene rings is 3. The first-order valence-electron chi connectivity index (χ1n) is 13.3. The summed E-state index contributed by atoms with van der Waals surface area (Å²) >= 11 is 1.88. The number of nitrogens with zero attached hydrogens (tertiary/aromatic N) is 1. The van der Waals surface area contributed by atoms with E-state index < -0.39 is 51.4 Å². The number of halogens is 3. The number of alkyl halides is 3. The van der Waals surface area contributed by atoms with Crippen molar-refractivity contribution in [2.24, 2.45) is 5.92 Å². The Morgan fingerprint density at radius 1 is 1.02 bits per heavy atom. The number of phenolic OH excluding ortho intramolecular Hbond substituents is 1. The molecule has 4 aromatic rings. The van der Waals surface area contributed by atoms with Crippen molar-refractivity contribution in [2.45, 2.75) is 22.4 Å². The first-order valence-corrected chi connectivity index (χ1v) is 15.0. The lowest BCUT2D eigenvalue weighted by Gasteiger charge is -2.30. The molecule has 3 heterocycles. The van der Waals surface area contributed by atoms with E-state index >= 15 is 0 Å². The third kappa shape index (κ3) is 5.76. The molecule has 6 rings (SSSR count). The summed E-state index contributed by atoms with van der Waals surface area (Å²) in [7, 11) is 1.38. The fourth-order valence-corrected chi connectivity index (χ4v) is 7.85. The zero-order chi connectivity index (χ0) is 32.0. The first kappa shape index (κ1) is 30.3. The van der Waals surface area contributed by atoms with Crippen molar-refractivity contribution in [3.05, 3.63) is 92.4 Å². The Kier molecular flexibility index (Phi) is 7.82. The Morgan fingerprint density at radius 3 is 2.49 bits per heavy atom. The fourth-order valence-electron chi connectivity index (χ4n) is 5.33. The molecule has 1 saturated heterocycles. The number of nitrogens with one attached hydrogen (secondary N) is 2.